The Morgan fingerprint density at radius 2 is 1.89 bits per heavy atom. The van der Waals surface area contributed by atoms with E-state index in [0.29, 0.717) is 0 Å². The van der Waals surface area contributed by atoms with Crippen molar-refractivity contribution in [1.29, 1.82) is 0 Å². The minimum absolute atomic E-state index is 0.0211. The number of aromatic amines is 1. The first-order valence-corrected chi connectivity index (χ1v) is 12.2. The number of H-pyrrole nitrogens is 1. The Labute approximate surface area is 196 Å². The van der Waals surface area contributed by atoms with Crippen LogP contribution in [-0.2, 0) is 16.6 Å². The maximum absolute atomic E-state index is 15.0. The van der Waals surface area contributed by atoms with Gasteiger partial charge in [0, 0.05) is 17.3 Å². The van der Waals surface area contributed by atoms with Crippen LogP contribution < -0.4 is 10.3 Å². The molecule has 0 saturated heterocycles. The highest BCUT2D eigenvalue weighted by Gasteiger charge is 2.30. The molecule has 0 unspecified atom stereocenters. The molecule has 178 valence electrons. The molecule has 5 aromatic rings. The molecule has 3 heterocycles. The Balaban J connectivity index is 1.97. The van der Waals surface area contributed by atoms with E-state index in [-0.39, 0.29) is 50.8 Å². The van der Waals surface area contributed by atoms with Crippen molar-refractivity contribution in [1.82, 2.24) is 14.3 Å². The van der Waals surface area contributed by atoms with E-state index in [0.717, 1.165) is 12.3 Å². The van der Waals surface area contributed by atoms with E-state index >= 15 is 4.39 Å². The van der Waals surface area contributed by atoms with Crippen LogP contribution in [0.15, 0.2) is 70.2 Å². The average Bonchev–Trinajstić information content (AvgIpc) is 3.38. The number of hydrogen-bond donors (Lipinski definition) is 2. The molecular weight excluding hydrogens is 480 g/mol. The van der Waals surface area contributed by atoms with Gasteiger partial charge in [-0.15, -0.1) is 0 Å². The molecule has 0 bridgehead atoms. The molecule has 0 aliphatic heterocycles. The maximum Gasteiger partial charge on any atom is 0.282 e. The third-order valence-corrected chi connectivity index (χ3v) is 6.14. The van der Waals surface area contributed by atoms with Crippen molar-refractivity contribution in [2.45, 2.75) is 6.54 Å². The molecule has 5 rings (SSSR count). The minimum atomic E-state index is -4.03. The van der Waals surface area contributed by atoms with Gasteiger partial charge in [0.05, 0.1) is 40.9 Å². The fraction of sp³-hybridized carbons (Fsp3) is 0.0833. The van der Waals surface area contributed by atoms with Crippen molar-refractivity contribution in [3.05, 3.63) is 94.2 Å². The number of benzene rings is 2. The number of nitrogens with one attached hydrogen (secondary N) is 2. The Hall–Kier alpha value is -4.25. The van der Waals surface area contributed by atoms with Crippen LogP contribution in [0.5, 0.6) is 0 Å². The van der Waals surface area contributed by atoms with Crippen LogP contribution in [0.3, 0.4) is 0 Å². The number of pyridine rings is 1. The second-order valence-electron chi connectivity index (χ2n) is 7.93. The number of nitrogens with zero attached hydrogens (tertiary/aromatic N) is 1. The van der Waals surface area contributed by atoms with E-state index in [1.165, 1.54) is 53.4 Å². The lowest BCUT2D eigenvalue weighted by Crippen LogP contribution is -2.32. The number of rotatable bonds is 5. The largest absolute Gasteiger partial charge is 0.463 e. The Kier molecular flexibility index (Phi) is 5.28. The van der Waals surface area contributed by atoms with E-state index in [9.17, 15) is 22.4 Å². The van der Waals surface area contributed by atoms with Gasteiger partial charge in [-0.25, -0.2) is 21.9 Å². The zero-order valence-electron chi connectivity index (χ0n) is 18.1. The van der Waals surface area contributed by atoms with E-state index in [1.807, 2.05) is 4.72 Å². The second kappa shape index (κ2) is 8.20. The molecule has 0 spiro atoms. The van der Waals surface area contributed by atoms with Crippen molar-refractivity contribution in [3.63, 3.8) is 0 Å². The van der Waals surface area contributed by atoms with Crippen molar-refractivity contribution in [3.8, 4) is 11.1 Å². The van der Waals surface area contributed by atoms with Gasteiger partial charge in [0.25, 0.3) is 11.5 Å². The summed E-state index contributed by atoms with van der Waals surface area (Å²) in [5.41, 5.74) is -0.467. The van der Waals surface area contributed by atoms with Crippen molar-refractivity contribution < 1.29 is 26.4 Å². The number of aromatic nitrogens is 2. The maximum atomic E-state index is 15.0. The van der Waals surface area contributed by atoms with Gasteiger partial charge in [0.2, 0.25) is 10.0 Å². The molecule has 1 amide bonds. The molecule has 11 heteroatoms. The summed E-state index contributed by atoms with van der Waals surface area (Å²) in [6.07, 6.45) is 3.45. The molecule has 35 heavy (non-hydrogen) atoms. The van der Waals surface area contributed by atoms with Gasteiger partial charge in [-0.3, -0.25) is 9.59 Å². The predicted octanol–water partition coefficient (Wildman–Crippen LogP) is 3.76. The summed E-state index contributed by atoms with van der Waals surface area (Å²) in [5.74, 6) is -2.32. The summed E-state index contributed by atoms with van der Waals surface area (Å²) in [7, 11) is -4.03. The first-order valence-electron chi connectivity index (χ1n) is 10.3. The van der Waals surface area contributed by atoms with Crippen LogP contribution in [0.25, 0.3) is 33.0 Å². The fourth-order valence-corrected chi connectivity index (χ4v) is 4.63. The Morgan fingerprint density at radius 1 is 1.11 bits per heavy atom. The standard InChI is InChI=1S/C24H17F2N3O5S/c1-35(32,33)28-24(31)21-19(15-6-4-9-27-23(15)30)20-18(11-17(26)14-8-10-34-22(14)20)29(21)12-13-5-2-3-7-16(13)25/h2-11H,12H2,1H3,(H,27,30)(H,28,31). The van der Waals surface area contributed by atoms with Crippen LogP contribution in [0.4, 0.5) is 8.78 Å². The average molecular weight is 497 g/mol. The molecule has 0 fully saturated rings. The van der Waals surface area contributed by atoms with Crippen LogP contribution in [0.2, 0.25) is 0 Å². The smallest absolute Gasteiger partial charge is 0.282 e. The van der Waals surface area contributed by atoms with Gasteiger partial charge in [0.1, 0.15) is 22.9 Å². The summed E-state index contributed by atoms with van der Waals surface area (Å²) >= 11 is 0. The number of hydrogen-bond acceptors (Lipinski definition) is 5. The van der Waals surface area contributed by atoms with E-state index in [1.54, 1.807) is 6.07 Å². The van der Waals surface area contributed by atoms with Gasteiger partial charge in [0.15, 0.2) is 0 Å². The predicted molar refractivity (Wildman–Crippen MR) is 126 cm³/mol. The topological polar surface area (TPSA) is 114 Å². The Bertz CT molecular complexity index is 1800. The molecule has 0 radical (unpaired) electrons. The van der Waals surface area contributed by atoms with Crippen LogP contribution in [-0.4, -0.2) is 30.1 Å². The van der Waals surface area contributed by atoms with Gasteiger partial charge >= 0.3 is 0 Å². The molecule has 0 aliphatic rings. The number of carbonyl (C=O) groups is 1. The fourth-order valence-electron chi connectivity index (χ4n) is 4.20. The van der Waals surface area contributed by atoms with E-state index in [2.05, 4.69) is 4.98 Å². The summed E-state index contributed by atoms with van der Waals surface area (Å²) in [6, 6.07) is 11.3. The SMILES string of the molecule is CS(=O)(=O)NC(=O)c1c(-c2ccc[nH]c2=O)c2c3occc3c(F)cc2n1Cc1ccccc1F. The summed E-state index contributed by atoms with van der Waals surface area (Å²) in [4.78, 5) is 28.7. The van der Waals surface area contributed by atoms with Crippen molar-refractivity contribution in [2.24, 2.45) is 0 Å². The van der Waals surface area contributed by atoms with Gasteiger partial charge in [-0.2, -0.15) is 0 Å². The molecular formula is C24H17F2N3O5S. The van der Waals surface area contributed by atoms with Crippen molar-refractivity contribution >= 4 is 37.8 Å². The first kappa shape index (κ1) is 22.5. The zero-order valence-corrected chi connectivity index (χ0v) is 18.9. The second-order valence-corrected chi connectivity index (χ2v) is 9.68. The highest BCUT2D eigenvalue weighted by atomic mass is 32.2. The third-order valence-electron chi connectivity index (χ3n) is 5.58. The van der Waals surface area contributed by atoms with E-state index in [4.69, 9.17) is 4.42 Å². The molecule has 2 N–H and O–H groups in total. The van der Waals surface area contributed by atoms with Crippen LogP contribution in [0, 0.1) is 11.6 Å². The minimum Gasteiger partial charge on any atom is -0.463 e. The highest BCUT2D eigenvalue weighted by Crippen LogP contribution is 2.40. The zero-order chi connectivity index (χ0) is 24.9. The molecule has 0 atom stereocenters. The summed E-state index contributed by atoms with van der Waals surface area (Å²) in [5, 5.41) is 0.308. The number of halogens is 2. The molecule has 0 saturated carbocycles. The van der Waals surface area contributed by atoms with Gasteiger partial charge in [-0.05, 0) is 30.3 Å². The summed E-state index contributed by atoms with van der Waals surface area (Å²) < 4.78 is 62.3. The monoisotopic (exact) mass is 497 g/mol. The Morgan fingerprint density at radius 3 is 2.60 bits per heavy atom. The highest BCUT2D eigenvalue weighted by molar-refractivity contribution is 7.89. The molecule has 2 aromatic carbocycles. The molecule has 0 aliphatic carbocycles. The van der Waals surface area contributed by atoms with Gasteiger partial charge < -0.3 is 14.0 Å². The number of fused-ring (bicyclic) bond motifs is 3. The van der Waals surface area contributed by atoms with E-state index < -0.39 is 33.1 Å². The quantitative estimate of drug-likeness (QED) is 0.384. The normalized spacial score (nSPS) is 11.9. The van der Waals surface area contributed by atoms with Crippen molar-refractivity contribution in [2.75, 3.05) is 6.26 Å². The lowest BCUT2D eigenvalue weighted by molar-refractivity contribution is 0.0974. The molecule has 8 nitrogen and oxygen atoms in total. The number of furan rings is 1. The first-order chi connectivity index (χ1) is 16.7. The lowest BCUT2D eigenvalue weighted by Gasteiger charge is -2.13. The lowest BCUT2D eigenvalue weighted by atomic mass is 10.0. The number of sulfonamides is 1. The van der Waals surface area contributed by atoms with Crippen LogP contribution in [0.1, 0.15) is 16.1 Å². The molecule has 3 aromatic heterocycles. The number of carbonyl (C=O) groups excluding carboxylic acids is 1. The van der Waals surface area contributed by atoms with Gasteiger partial charge in [-0.1, -0.05) is 18.2 Å². The number of amides is 1. The van der Waals surface area contributed by atoms with Crippen LogP contribution >= 0.6 is 0 Å². The summed E-state index contributed by atoms with van der Waals surface area (Å²) in [6.45, 7) is -0.258. The third kappa shape index (κ3) is 3.89.